The van der Waals surface area contributed by atoms with Crippen LogP contribution in [0.25, 0.3) is 0 Å². The summed E-state index contributed by atoms with van der Waals surface area (Å²) in [4.78, 5) is 0. The Morgan fingerprint density at radius 1 is 0.810 bits per heavy atom. The molecule has 0 heteroatoms. The van der Waals surface area contributed by atoms with Gasteiger partial charge in [0.15, 0.2) is 0 Å². The SMILES string of the molecule is CC[C@H]1CC[C@H]2[C@@H]3CC[C@H]4CCCC[C@H]4C[C@H]3CC[C@]12C. The lowest BCUT2D eigenvalue weighted by molar-refractivity contribution is 0.00472. The van der Waals surface area contributed by atoms with Crippen molar-refractivity contribution in [1.29, 1.82) is 0 Å². The second kappa shape index (κ2) is 5.57. The van der Waals surface area contributed by atoms with Crippen LogP contribution >= 0.6 is 0 Å². The Morgan fingerprint density at radius 3 is 2.43 bits per heavy atom. The minimum absolute atomic E-state index is 0.728. The summed E-state index contributed by atoms with van der Waals surface area (Å²) in [6.45, 7) is 5.14. The summed E-state index contributed by atoms with van der Waals surface area (Å²) in [5.41, 5.74) is 0.728. The summed E-state index contributed by atoms with van der Waals surface area (Å²) in [5, 5.41) is 0. The van der Waals surface area contributed by atoms with Crippen molar-refractivity contribution in [1.82, 2.24) is 0 Å². The molecule has 4 rings (SSSR count). The van der Waals surface area contributed by atoms with E-state index < -0.39 is 0 Å². The Hall–Kier alpha value is 0. The lowest BCUT2D eigenvalue weighted by atomic mass is 9.56. The van der Waals surface area contributed by atoms with Crippen LogP contribution in [0.1, 0.15) is 90.9 Å². The van der Waals surface area contributed by atoms with Gasteiger partial charge in [0.1, 0.15) is 0 Å². The fraction of sp³-hybridized carbons (Fsp3) is 1.00. The van der Waals surface area contributed by atoms with Gasteiger partial charge in [0.25, 0.3) is 0 Å². The lowest BCUT2D eigenvalue weighted by Gasteiger charge is -2.49. The summed E-state index contributed by atoms with van der Waals surface area (Å²) in [6.07, 6.45) is 18.8. The predicted molar refractivity (Wildman–Crippen MR) is 90.1 cm³/mol. The second-order valence-corrected chi connectivity index (χ2v) is 9.38. The molecule has 21 heavy (non-hydrogen) atoms. The van der Waals surface area contributed by atoms with Gasteiger partial charge in [-0.25, -0.2) is 0 Å². The van der Waals surface area contributed by atoms with Crippen LogP contribution < -0.4 is 0 Å². The standard InChI is InChI=1S/C21H36/c1-3-18-9-11-20-19-10-8-15-6-4-5-7-16(15)14-17(19)12-13-21(18,20)2/h15-20H,3-14H2,1-2H3/t15-,16+,17-,18+,19-,20+,21-/m1/s1. The maximum Gasteiger partial charge on any atom is -0.0266 e. The Balaban J connectivity index is 1.55. The molecule has 4 aliphatic carbocycles. The molecule has 120 valence electrons. The third-order valence-corrected chi connectivity index (χ3v) is 8.82. The third kappa shape index (κ3) is 2.31. The minimum atomic E-state index is 0.728. The average molecular weight is 289 g/mol. The van der Waals surface area contributed by atoms with Gasteiger partial charge in [-0.2, -0.15) is 0 Å². The van der Waals surface area contributed by atoms with Crippen LogP contribution in [-0.4, -0.2) is 0 Å². The molecule has 0 aromatic carbocycles. The van der Waals surface area contributed by atoms with E-state index in [9.17, 15) is 0 Å². The number of rotatable bonds is 1. The molecular formula is C21H36. The second-order valence-electron chi connectivity index (χ2n) is 9.38. The highest BCUT2D eigenvalue weighted by Gasteiger charge is 2.53. The summed E-state index contributed by atoms with van der Waals surface area (Å²) in [7, 11) is 0. The van der Waals surface area contributed by atoms with Crippen molar-refractivity contribution in [3.8, 4) is 0 Å². The lowest BCUT2D eigenvalue weighted by Crippen LogP contribution is -2.41. The van der Waals surface area contributed by atoms with Gasteiger partial charge in [0, 0.05) is 0 Å². The predicted octanol–water partition coefficient (Wildman–Crippen LogP) is 6.45. The maximum absolute atomic E-state index is 2.69. The van der Waals surface area contributed by atoms with E-state index in [0.717, 1.165) is 40.9 Å². The molecule has 0 aliphatic heterocycles. The zero-order valence-corrected chi connectivity index (χ0v) is 14.4. The van der Waals surface area contributed by atoms with Crippen LogP contribution in [0.4, 0.5) is 0 Å². The molecule has 7 atom stereocenters. The highest BCUT2D eigenvalue weighted by molar-refractivity contribution is 5.03. The van der Waals surface area contributed by atoms with Gasteiger partial charge in [0.2, 0.25) is 0 Å². The molecule has 4 saturated carbocycles. The fourth-order valence-corrected chi connectivity index (χ4v) is 7.64. The van der Waals surface area contributed by atoms with Crippen molar-refractivity contribution < 1.29 is 0 Å². The topological polar surface area (TPSA) is 0 Å². The van der Waals surface area contributed by atoms with E-state index in [1.165, 1.54) is 19.3 Å². The number of hydrogen-bond donors (Lipinski definition) is 0. The first-order chi connectivity index (χ1) is 10.2. The quantitative estimate of drug-likeness (QED) is 0.520. The third-order valence-electron chi connectivity index (χ3n) is 8.82. The van der Waals surface area contributed by atoms with Gasteiger partial charge in [-0.3, -0.25) is 0 Å². The van der Waals surface area contributed by atoms with Gasteiger partial charge >= 0.3 is 0 Å². The highest BCUT2D eigenvalue weighted by Crippen LogP contribution is 2.62. The zero-order valence-electron chi connectivity index (χ0n) is 14.4. The Kier molecular flexibility index (Phi) is 3.87. The Labute approximate surface area is 132 Å². The average Bonchev–Trinajstić information content (AvgIpc) is 2.73. The molecule has 0 radical (unpaired) electrons. The minimum Gasteiger partial charge on any atom is -0.0651 e. The molecule has 0 amide bonds. The summed E-state index contributed by atoms with van der Waals surface area (Å²) in [5.74, 6) is 6.63. The van der Waals surface area contributed by atoms with E-state index in [0.29, 0.717) is 0 Å². The molecule has 0 bridgehead atoms. The highest BCUT2D eigenvalue weighted by atomic mass is 14.6. The normalized spacial score (nSPS) is 53.4. The molecule has 0 nitrogen and oxygen atoms in total. The summed E-state index contributed by atoms with van der Waals surface area (Å²) in [6, 6.07) is 0. The fourth-order valence-electron chi connectivity index (χ4n) is 7.64. The smallest absolute Gasteiger partial charge is 0.0266 e. The first-order valence-electron chi connectivity index (χ1n) is 10.2. The van der Waals surface area contributed by atoms with Crippen molar-refractivity contribution >= 4 is 0 Å². The molecule has 4 fully saturated rings. The van der Waals surface area contributed by atoms with E-state index in [-0.39, 0.29) is 0 Å². The van der Waals surface area contributed by atoms with Crippen LogP contribution in [0, 0.1) is 40.9 Å². The van der Waals surface area contributed by atoms with Crippen LogP contribution in [0.3, 0.4) is 0 Å². The molecule has 4 aliphatic rings. The first kappa shape index (κ1) is 14.6. The van der Waals surface area contributed by atoms with Crippen LogP contribution in [0.2, 0.25) is 0 Å². The Morgan fingerprint density at radius 2 is 1.62 bits per heavy atom. The zero-order chi connectivity index (χ0) is 14.4. The van der Waals surface area contributed by atoms with E-state index in [1.807, 2.05) is 0 Å². The monoisotopic (exact) mass is 288 g/mol. The maximum atomic E-state index is 2.69. The van der Waals surface area contributed by atoms with E-state index in [4.69, 9.17) is 0 Å². The van der Waals surface area contributed by atoms with Gasteiger partial charge in [0.05, 0.1) is 0 Å². The van der Waals surface area contributed by atoms with Crippen molar-refractivity contribution in [2.24, 2.45) is 40.9 Å². The van der Waals surface area contributed by atoms with Crippen LogP contribution in [0.5, 0.6) is 0 Å². The van der Waals surface area contributed by atoms with Gasteiger partial charge < -0.3 is 0 Å². The summed E-state index contributed by atoms with van der Waals surface area (Å²) < 4.78 is 0. The van der Waals surface area contributed by atoms with Crippen molar-refractivity contribution in [3.63, 3.8) is 0 Å². The number of hydrogen-bond acceptors (Lipinski definition) is 0. The van der Waals surface area contributed by atoms with Crippen molar-refractivity contribution in [3.05, 3.63) is 0 Å². The van der Waals surface area contributed by atoms with E-state index >= 15 is 0 Å². The van der Waals surface area contributed by atoms with Crippen LogP contribution in [0.15, 0.2) is 0 Å². The molecule has 0 aromatic heterocycles. The molecule has 0 unspecified atom stereocenters. The van der Waals surface area contributed by atoms with E-state index in [1.54, 1.807) is 57.8 Å². The first-order valence-corrected chi connectivity index (χ1v) is 10.2. The Bertz CT molecular complexity index is 372. The van der Waals surface area contributed by atoms with Crippen molar-refractivity contribution in [2.75, 3.05) is 0 Å². The molecule has 0 heterocycles. The van der Waals surface area contributed by atoms with Crippen LogP contribution in [-0.2, 0) is 0 Å². The van der Waals surface area contributed by atoms with Gasteiger partial charge in [-0.15, -0.1) is 0 Å². The van der Waals surface area contributed by atoms with E-state index in [2.05, 4.69) is 13.8 Å². The summed E-state index contributed by atoms with van der Waals surface area (Å²) >= 11 is 0. The molecule has 0 saturated heterocycles. The number of fused-ring (bicyclic) bond motifs is 4. The largest absolute Gasteiger partial charge is 0.0651 e. The molecular weight excluding hydrogens is 252 g/mol. The van der Waals surface area contributed by atoms with Gasteiger partial charge in [-0.1, -0.05) is 46.0 Å². The van der Waals surface area contributed by atoms with Crippen molar-refractivity contribution in [2.45, 2.75) is 90.9 Å². The van der Waals surface area contributed by atoms with Gasteiger partial charge in [-0.05, 0) is 85.9 Å². The molecule has 0 spiro atoms. The molecule has 0 aromatic rings. The molecule has 0 N–H and O–H groups in total.